The molecule has 0 spiro atoms. The lowest BCUT2D eigenvalue weighted by Crippen LogP contribution is -2.39. The summed E-state index contributed by atoms with van der Waals surface area (Å²) in [5.41, 5.74) is 0.453. The van der Waals surface area contributed by atoms with Gasteiger partial charge in [-0.3, -0.25) is 14.8 Å². The Labute approximate surface area is 91.7 Å². The van der Waals surface area contributed by atoms with E-state index in [1.54, 1.807) is 6.92 Å². The van der Waals surface area contributed by atoms with Gasteiger partial charge in [0, 0.05) is 17.3 Å². The van der Waals surface area contributed by atoms with Crippen molar-refractivity contribution in [2.75, 3.05) is 0 Å². The van der Waals surface area contributed by atoms with Crippen LogP contribution in [0.25, 0.3) is 0 Å². The molecule has 3 nitrogen and oxygen atoms in total. The average molecular weight is 208 g/mol. The van der Waals surface area contributed by atoms with Crippen LogP contribution in [-0.4, -0.2) is 23.9 Å². The first-order chi connectivity index (χ1) is 6.68. The van der Waals surface area contributed by atoms with E-state index >= 15 is 0 Å². The summed E-state index contributed by atoms with van der Waals surface area (Å²) < 4.78 is 0. The molecule has 1 aliphatic heterocycles. The molecule has 1 rings (SSSR count). The molecule has 1 heterocycles. The van der Waals surface area contributed by atoms with Crippen LogP contribution in [0, 0.1) is 10.8 Å². The third-order valence-electron chi connectivity index (χ3n) is 3.34. The van der Waals surface area contributed by atoms with Gasteiger partial charge in [0.05, 0.1) is 5.41 Å². The predicted octanol–water partition coefficient (Wildman–Crippen LogP) is 2.50. The lowest BCUT2D eigenvalue weighted by atomic mass is 9.82. The Hall–Kier alpha value is -0.990. The molecule has 0 aromatic carbocycles. The topological polar surface area (TPSA) is 41.8 Å². The minimum Gasteiger partial charge on any atom is -0.299 e. The highest BCUT2D eigenvalue weighted by Gasteiger charge is 2.37. The van der Waals surface area contributed by atoms with E-state index in [4.69, 9.17) is 0 Å². The number of aliphatic imine (C=N–C) groups is 2. The van der Waals surface area contributed by atoms with Gasteiger partial charge in [-0.15, -0.1) is 0 Å². The number of nitrogens with zero attached hydrogens (tertiary/aromatic N) is 2. The van der Waals surface area contributed by atoms with Gasteiger partial charge in [0.25, 0.3) is 0 Å². The second-order valence-electron chi connectivity index (χ2n) is 5.37. The normalized spacial score (nSPS) is 24.9. The van der Waals surface area contributed by atoms with E-state index in [1.165, 1.54) is 0 Å². The fourth-order valence-electron chi connectivity index (χ4n) is 1.26. The molecule has 0 radical (unpaired) electrons. The summed E-state index contributed by atoms with van der Waals surface area (Å²) >= 11 is 0. The standard InChI is InChI=1S/C12H20N2O/c1-8-11(3,4)7-13-10(14-8)12(5,6)9(2)15/h7,10H,1-6H3/t10-/m1/s1. The van der Waals surface area contributed by atoms with Gasteiger partial charge in [0.15, 0.2) is 6.17 Å². The number of rotatable bonds is 2. The second kappa shape index (κ2) is 3.54. The van der Waals surface area contributed by atoms with Crippen LogP contribution < -0.4 is 0 Å². The molecule has 0 fully saturated rings. The summed E-state index contributed by atoms with van der Waals surface area (Å²) in [6.45, 7) is 11.5. The zero-order chi connectivity index (χ0) is 11.9. The van der Waals surface area contributed by atoms with Gasteiger partial charge in [0.1, 0.15) is 5.78 Å². The van der Waals surface area contributed by atoms with E-state index < -0.39 is 5.41 Å². The first-order valence-electron chi connectivity index (χ1n) is 5.28. The minimum atomic E-state index is -0.506. The van der Waals surface area contributed by atoms with E-state index in [-0.39, 0.29) is 17.4 Å². The van der Waals surface area contributed by atoms with Crippen molar-refractivity contribution >= 4 is 17.7 Å². The van der Waals surface area contributed by atoms with Crippen LogP contribution in [0.3, 0.4) is 0 Å². The van der Waals surface area contributed by atoms with Gasteiger partial charge in [-0.25, -0.2) is 0 Å². The number of carbonyl (C=O) groups is 1. The van der Waals surface area contributed by atoms with Gasteiger partial charge >= 0.3 is 0 Å². The smallest absolute Gasteiger partial charge is 0.151 e. The molecule has 0 saturated heterocycles. The number of Topliss-reactive ketones (excluding diaryl/α,β-unsaturated/α-hetero) is 1. The Morgan fingerprint density at radius 1 is 1.47 bits per heavy atom. The Kier molecular flexibility index (Phi) is 2.85. The fraction of sp³-hybridized carbons (Fsp3) is 0.750. The van der Waals surface area contributed by atoms with Crippen molar-refractivity contribution < 1.29 is 4.79 Å². The molecule has 0 amide bonds. The van der Waals surface area contributed by atoms with Crippen LogP contribution in [0.5, 0.6) is 0 Å². The molecule has 0 N–H and O–H groups in total. The largest absolute Gasteiger partial charge is 0.299 e. The van der Waals surface area contributed by atoms with Crippen molar-refractivity contribution in [2.45, 2.75) is 47.7 Å². The van der Waals surface area contributed by atoms with Gasteiger partial charge in [-0.1, -0.05) is 0 Å². The van der Waals surface area contributed by atoms with Gasteiger partial charge in [-0.2, -0.15) is 0 Å². The van der Waals surface area contributed by atoms with E-state index in [0.29, 0.717) is 0 Å². The molecular weight excluding hydrogens is 188 g/mol. The fourth-order valence-corrected chi connectivity index (χ4v) is 1.26. The summed E-state index contributed by atoms with van der Waals surface area (Å²) in [6.07, 6.45) is 1.65. The summed E-state index contributed by atoms with van der Waals surface area (Å²) in [6, 6.07) is 0. The SMILES string of the molecule is CC(=O)C(C)(C)[C@@H]1N=CC(C)(C)C(C)=N1. The van der Waals surface area contributed by atoms with Crippen LogP contribution >= 0.6 is 0 Å². The van der Waals surface area contributed by atoms with Crippen LogP contribution in [0.1, 0.15) is 41.5 Å². The van der Waals surface area contributed by atoms with E-state index in [0.717, 1.165) is 5.71 Å². The summed E-state index contributed by atoms with van der Waals surface area (Å²) in [4.78, 5) is 20.4. The third-order valence-corrected chi connectivity index (χ3v) is 3.34. The van der Waals surface area contributed by atoms with Crippen LogP contribution in [0.2, 0.25) is 0 Å². The van der Waals surface area contributed by atoms with Crippen molar-refractivity contribution in [1.82, 2.24) is 0 Å². The van der Waals surface area contributed by atoms with E-state index in [2.05, 4.69) is 23.8 Å². The average Bonchev–Trinajstić information content (AvgIpc) is 2.09. The van der Waals surface area contributed by atoms with Gasteiger partial charge in [0.2, 0.25) is 0 Å². The first kappa shape index (κ1) is 12.1. The van der Waals surface area contributed by atoms with Gasteiger partial charge < -0.3 is 0 Å². The van der Waals surface area contributed by atoms with Crippen LogP contribution in [-0.2, 0) is 4.79 Å². The summed E-state index contributed by atoms with van der Waals surface area (Å²) in [5, 5.41) is 0. The van der Waals surface area contributed by atoms with Crippen molar-refractivity contribution in [3.63, 3.8) is 0 Å². The predicted molar refractivity (Wildman–Crippen MR) is 63.6 cm³/mol. The van der Waals surface area contributed by atoms with Gasteiger partial charge in [-0.05, 0) is 41.5 Å². The molecule has 0 bridgehead atoms. The lowest BCUT2D eigenvalue weighted by Gasteiger charge is -2.33. The first-order valence-corrected chi connectivity index (χ1v) is 5.28. The number of carbonyl (C=O) groups excluding carboxylic acids is 1. The Morgan fingerprint density at radius 3 is 2.40 bits per heavy atom. The summed E-state index contributed by atoms with van der Waals surface area (Å²) in [5.74, 6) is 0.126. The molecule has 1 atom stereocenters. The molecule has 0 unspecified atom stereocenters. The quantitative estimate of drug-likeness (QED) is 0.687. The Morgan fingerprint density at radius 2 is 2.00 bits per heavy atom. The Balaban J connectivity index is 3.00. The maximum atomic E-state index is 11.5. The highest BCUT2D eigenvalue weighted by molar-refractivity contribution is 6.02. The molecule has 0 aromatic heterocycles. The molecule has 1 aliphatic rings. The van der Waals surface area contributed by atoms with E-state index in [1.807, 2.05) is 27.0 Å². The van der Waals surface area contributed by atoms with Crippen molar-refractivity contribution in [1.29, 1.82) is 0 Å². The Bertz CT molecular complexity index is 338. The monoisotopic (exact) mass is 208 g/mol. The number of hydrogen-bond donors (Lipinski definition) is 0. The third kappa shape index (κ3) is 2.16. The zero-order valence-corrected chi connectivity index (χ0v) is 10.5. The van der Waals surface area contributed by atoms with Crippen LogP contribution in [0.15, 0.2) is 9.98 Å². The molecule has 0 saturated carbocycles. The maximum absolute atomic E-state index is 11.5. The van der Waals surface area contributed by atoms with Crippen molar-refractivity contribution in [3.05, 3.63) is 0 Å². The van der Waals surface area contributed by atoms with E-state index in [9.17, 15) is 4.79 Å². The van der Waals surface area contributed by atoms with Crippen molar-refractivity contribution in [3.8, 4) is 0 Å². The molecule has 15 heavy (non-hydrogen) atoms. The van der Waals surface area contributed by atoms with Crippen molar-refractivity contribution in [2.24, 2.45) is 20.8 Å². The molecule has 0 aromatic rings. The summed E-state index contributed by atoms with van der Waals surface area (Å²) in [7, 11) is 0. The zero-order valence-electron chi connectivity index (χ0n) is 10.5. The highest BCUT2D eigenvalue weighted by atomic mass is 16.1. The second-order valence-corrected chi connectivity index (χ2v) is 5.37. The maximum Gasteiger partial charge on any atom is 0.151 e. The van der Waals surface area contributed by atoms with Crippen LogP contribution in [0.4, 0.5) is 0 Å². The molecule has 3 heteroatoms. The minimum absolute atomic E-state index is 0.0800. The molecule has 84 valence electrons. The molecule has 0 aliphatic carbocycles. The molecular formula is C12H20N2O. The number of hydrogen-bond acceptors (Lipinski definition) is 3. The lowest BCUT2D eigenvalue weighted by molar-refractivity contribution is -0.125. The number of ketones is 1. The highest BCUT2D eigenvalue weighted by Crippen LogP contribution is 2.30.